The molecule has 0 bridgehead atoms. The summed E-state index contributed by atoms with van der Waals surface area (Å²) >= 11 is 12.0. The highest BCUT2D eigenvalue weighted by molar-refractivity contribution is 6.35. The van der Waals surface area contributed by atoms with Gasteiger partial charge in [0, 0.05) is 40.9 Å². The third-order valence-corrected chi connectivity index (χ3v) is 5.67. The van der Waals surface area contributed by atoms with Crippen LogP contribution in [0.1, 0.15) is 34.8 Å². The maximum absolute atomic E-state index is 13.6. The van der Waals surface area contributed by atoms with E-state index in [2.05, 4.69) is 15.6 Å². The number of phenolic OH excluding ortho intramolecular Hbond substituents is 2. The maximum Gasteiger partial charge on any atom is 0.305 e. The number of benzene rings is 2. The fourth-order valence-electron chi connectivity index (χ4n) is 3.61. The van der Waals surface area contributed by atoms with Crippen molar-refractivity contribution < 1.29 is 34.8 Å². The number of carboxylic acid groups (broad SMARTS) is 1. The number of hydrogen-bond acceptors (Lipinski definition) is 10. The largest absolute Gasteiger partial charge is 0.508 e. The summed E-state index contributed by atoms with van der Waals surface area (Å²) in [5.74, 6) is -4.09. The highest BCUT2D eigenvalue weighted by atomic mass is 35.5. The number of anilines is 1. The Hall–Kier alpha value is -3.58. The van der Waals surface area contributed by atoms with Crippen molar-refractivity contribution in [1.29, 1.82) is 0 Å². The first-order valence-corrected chi connectivity index (χ1v) is 11.3. The first-order chi connectivity index (χ1) is 17.0. The molecule has 192 valence electrons. The minimum atomic E-state index is -1.54. The van der Waals surface area contributed by atoms with Crippen molar-refractivity contribution in [2.24, 2.45) is 10.7 Å². The van der Waals surface area contributed by atoms with E-state index in [1.807, 2.05) is 0 Å². The number of guanidine groups is 1. The van der Waals surface area contributed by atoms with Crippen LogP contribution in [0.15, 0.2) is 35.3 Å². The average molecular weight is 540 g/mol. The van der Waals surface area contributed by atoms with E-state index in [0.717, 1.165) is 6.07 Å². The third kappa shape index (κ3) is 6.34. The number of carbonyl (C=O) groups is 3. The number of phenols is 2. The van der Waals surface area contributed by atoms with Gasteiger partial charge in [-0.2, -0.15) is 0 Å². The van der Waals surface area contributed by atoms with E-state index in [1.165, 1.54) is 24.3 Å². The molecule has 3 rings (SSSR count). The molecule has 1 aliphatic rings. The van der Waals surface area contributed by atoms with Gasteiger partial charge in [0.25, 0.3) is 5.91 Å². The van der Waals surface area contributed by atoms with Crippen LogP contribution < -0.4 is 16.4 Å². The first kappa shape index (κ1) is 27.0. The zero-order chi connectivity index (χ0) is 26.6. The molecule has 0 saturated heterocycles. The number of carbonyl (C=O) groups excluding carboxylic acids is 2. The second-order valence-electron chi connectivity index (χ2n) is 7.78. The molecular formula is C22H23Cl2N5O7. The smallest absolute Gasteiger partial charge is 0.305 e. The van der Waals surface area contributed by atoms with Crippen LogP contribution in [0.25, 0.3) is 0 Å². The van der Waals surface area contributed by atoms with Crippen molar-refractivity contribution in [2.45, 2.75) is 25.1 Å². The van der Waals surface area contributed by atoms with Crippen LogP contribution in [0.5, 0.6) is 11.5 Å². The lowest BCUT2D eigenvalue weighted by Gasteiger charge is -2.30. The Morgan fingerprint density at radius 1 is 1.19 bits per heavy atom. The Labute approximate surface area is 214 Å². The van der Waals surface area contributed by atoms with E-state index in [4.69, 9.17) is 28.9 Å². The molecule has 2 aromatic rings. The van der Waals surface area contributed by atoms with Gasteiger partial charge in [0.2, 0.25) is 5.91 Å². The van der Waals surface area contributed by atoms with Crippen molar-refractivity contribution in [3.63, 3.8) is 0 Å². The number of nitrogens with one attached hydrogen (secondary N) is 2. The summed E-state index contributed by atoms with van der Waals surface area (Å²) < 4.78 is 0. The van der Waals surface area contributed by atoms with Gasteiger partial charge in [0.1, 0.15) is 17.7 Å². The average Bonchev–Trinajstić information content (AvgIpc) is 2.80. The molecule has 36 heavy (non-hydrogen) atoms. The molecule has 0 aliphatic carbocycles. The van der Waals surface area contributed by atoms with Crippen molar-refractivity contribution in [1.82, 2.24) is 10.2 Å². The molecule has 12 nitrogen and oxygen atoms in total. The van der Waals surface area contributed by atoms with Crippen LogP contribution in [0, 0.1) is 0 Å². The zero-order valence-electron chi connectivity index (χ0n) is 18.6. The molecule has 0 spiro atoms. The summed E-state index contributed by atoms with van der Waals surface area (Å²) in [7, 11) is 0. The lowest BCUT2D eigenvalue weighted by Crippen LogP contribution is -2.44. The third-order valence-electron chi connectivity index (χ3n) is 5.16. The number of aliphatic hydroxyl groups is 1. The van der Waals surface area contributed by atoms with Gasteiger partial charge in [0.15, 0.2) is 5.96 Å². The Morgan fingerprint density at radius 2 is 1.92 bits per heavy atom. The number of aliphatic imine (C=N–C) groups is 1. The predicted molar refractivity (Wildman–Crippen MR) is 131 cm³/mol. The van der Waals surface area contributed by atoms with Gasteiger partial charge in [-0.3, -0.25) is 24.3 Å². The predicted octanol–water partition coefficient (Wildman–Crippen LogP) is 1.63. The molecule has 2 atom stereocenters. The van der Waals surface area contributed by atoms with Gasteiger partial charge >= 0.3 is 5.97 Å². The molecule has 2 amide bonds. The van der Waals surface area contributed by atoms with Crippen LogP contribution >= 0.6 is 23.2 Å². The number of rotatable bonds is 7. The zero-order valence-corrected chi connectivity index (χ0v) is 20.1. The van der Waals surface area contributed by atoms with E-state index in [9.17, 15) is 34.8 Å². The number of amides is 2. The maximum atomic E-state index is 13.6. The molecule has 0 saturated carbocycles. The number of aromatic hydroxyl groups is 2. The van der Waals surface area contributed by atoms with Crippen molar-refractivity contribution >= 4 is 52.6 Å². The second-order valence-corrected chi connectivity index (χ2v) is 8.63. The van der Waals surface area contributed by atoms with Gasteiger partial charge in [0.05, 0.1) is 24.0 Å². The van der Waals surface area contributed by atoms with Gasteiger partial charge in [-0.15, -0.1) is 0 Å². The number of halogens is 2. The lowest BCUT2D eigenvalue weighted by atomic mass is 9.99. The van der Waals surface area contributed by atoms with Crippen LogP contribution in [-0.2, 0) is 9.59 Å². The molecule has 0 aromatic heterocycles. The summed E-state index contributed by atoms with van der Waals surface area (Å²) in [5, 5.41) is 45.3. The van der Waals surface area contributed by atoms with E-state index in [1.54, 1.807) is 0 Å². The van der Waals surface area contributed by atoms with Crippen LogP contribution in [0.4, 0.5) is 5.69 Å². The molecule has 1 aliphatic heterocycles. The highest BCUT2D eigenvalue weighted by Crippen LogP contribution is 2.39. The van der Waals surface area contributed by atoms with Crippen LogP contribution in [-0.4, -0.2) is 68.4 Å². The first-order valence-electron chi connectivity index (χ1n) is 10.6. The summed E-state index contributed by atoms with van der Waals surface area (Å²) in [6, 6.07) is 4.48. The Balaban J connectivity index is 2.06. The SMILES string of the molecule is NCC(=O)N(C(=O)c1cc(O)cc(NC2=NCCC(O)N2)c1)C(CC(=O)O)c1cc(Cl)cc(Cl)c1O. The summed E-state index contributed by atoms with van der Waals surface area (Å²) in [6.07, 6.45) is -1.24. The normalized spacial score (nSPS) is 15.9. The number of aliphatic carboxylic acids is 1. The molecule has 0 fully saturated rings. The van der Waals surface area contributed by atoms with Gasteiger partial charge in [-0.25, -0.2) is 0 Å². The Morgan fingerprint density at radius 3 is 2.56 bits per heavy atom. The van der Waals surface area contributed by atoms with Crippen molar-refractivity contribution in [3.8, 4) is 11.5 Å². The fraction of sp³-hybridized carbons (Fsp3) is 0.273. The monoisotopic (exact) mass is 539 g/mol. The standard InChI is InChI=1S/C22H23Cl2N5O7/c23-11-5-14(20(35)15(24)6-11)16(8-19(33)34)29(18(32)9-25)21(36)10-3-12(7-13(30)4-10)27-22-26-2-1-17(31)28-22/h3-7,16-17,30-31,35H,1-2,8-9,25H2,(H,33,34)(H2,26,27,28). The molecule has 14 heteroatoms. The quantitative estimate of drug-likeness (QED) is 0.271. The molecule has 0 radical (unpaired) electrons. The molecule has 1 heterocycles. The molecule has 2 aromatic carbocycles. The van der Waals surface area contributed by atoms with E-state index >= 15 is 0 Å². The van der Waals surface area contributed by atoms with Gasteiger partial charge < -0.3 is 36.8 Å². The number of imide groups is 1. The summed E-state index contributed by atoms with van der Waals surface area (Å²) in [5.41, 5.74) is 5.31. The Bertz CT molecular complexity index is 1220. The topological polar surface area (TPSA) is 198 Å². The molecular weight excluding hydrogens is 517 g/mol. The summed E-state index contributed by atoms with van der Waals surface area (Å²) in [6.45, 7) is -0.331. The summed E-state index contributed by atoms with van der Waals surface area (Å²) in [4.78, 5) is 42.8. The van der Waals surface area contributed by atoms with Crippen molar-refractivity contribution in [3.05, 3.63) is 51.5 Å². The van der Waals surface area contributed by atoms with Crippen molar-refractivity contribution in [2.75, 3.05) is 18.4 Å². The minimum Gasteiger partial charge on any atom is -0.508 e. The fourth-order valence-corrected chi connectivity index (χ4v) is 4.11. The lowest BCUT2D eigenvalue weighted by molar-refractivity contribution is -0.139. The number of nitrogens with zero attached hydrogens (tertiary/aromatic N) is 2. The minimum absolute atomic E-state index is 0.0302. The molecule has 2 unspecified atom stereocenters. The number of hydrogen-bond donors (Lipinski definition) is 7. The molecule has 8 N–H and O–H groups in total. The van der Waals surface area contributed by atoms with E-state index in [0.29, 0.717) is 17.9 Å². The van der Waals surface area contributed by atoms with Crippen LogP contribution in [0.2, 0.25) is 10.0 Å². The van der Waals surface area contributed by atoms with Crippen LogP contribution in [0.3, 0.4) is 0 Å². The van der Waals surface area contributed by atoms with E-state index in [-0.39, 0.29) is 38.6 Å². The van der Waals surface area contributed by atoms with Gasteiger partial charge in [-0.1, -0.05) is 23.2 Å². The van der Waals surface area contributed by atoms with E-state index < -0.39 is 48.8 Å². The Kier molecular flexibility index (Phi) is 8.58. The number of aliphatic hydroxyl groups excluding tert-OH is 1. The van der Waals surface area contributed by atoms with Gasteiger partial charge in [-0.05, 0) is 24.3 Å². The number of carboxylic acids is 1. The highest BCUT2D eigenvalue weighted by Gasteiger charge is 2.35. The second kappa shape index (κ2) is 11.4. The number of nitrogens with two attached hydrogens (primary N) is 1.